The van der Waals surface area contributed by atoms with E-state index in [1.54, 1.807) is 16.3 Å². The molecule has 0 spiro atoms. The van der Waals surface area contributed by atoms with Gasteiger partial charge >= 0.3 is 0 Å². The lowest BCUT2D eigenvalue weighted by Crippen LogP contribution is -2.43. The van der Waals surface area contributed by atoms with Crippen LogP contribution in [0.3, 0.4) is 0 Å². The monoisotopic (exact) mass is 304 g/mol. The molecule has 21 heavy (non-hydrogen) atoms. The van der Waals surface area contributed by atoms with E-state index in [2.05, 4.69) is 29.5 Å². The molecular formula is C17H24N2OS. The first kappa shape index (κ1) is 14.8. The normalized spacial score (nSPS) is 27.2. The topological polar surface area (TPSA) is 32.7 Å². The summed E-state index contributed by atoms with van der Waals surface area (Å²) in [6.45, 7) is 4.87. The second-order valence-corrected chi connectivity index (χ2v) is 7.51. The molecule has 1 unspecified atom stereocenters. The highest BCUT2D eigenvalue weighted by molar-refractivity contribution is 7.09. The van der Waals surface area contributed by atoms with E-state index in [9.17, 15) is 4.79 Å². The zero-order valence-corrected chi connectivity index (χ0v) is 13.8. The summed E-state index contributed by atoms with van der Waals surface area (Å²) < 4.78 is 0. The van der Waals surface area contributed by atoms with Crippen molar-refractivity contribution in [2.45, 2.75) is 52.4 Å². The Morgan fingerprint density at radius 1 is 1.38 bits per heavy atom. The lowest BCUT2D eigenvalue weighted by molar-refractivity contribution is -0.138. The summed E-state index contributed by atoms with van der Waals surface area (Å²) in [6, 6.07) is 4.19. The number of thiophene rings is 1. The van der Waals surface area contributed by atoms with Gasteiger partial charge in [0.2, 0.25) is 0 Å². The van der Waals surface area contributed by atoms with Gasteiger partial charge in [0, 0.05) is 17.8 Å². The van der Waals surface area contributed by atoms with E-state index in [1.807, 2.05) is 6.92 Å². The van der Waals surface area contributed by atoms with Crippen LogP contribution in [-0.4, -0.2) is 23.2 Å². The Bertz CT molecular complexity index is 531. The largest absolute Gasteiger partial charge is 0.272 e. The van der Waals surface area contributed by atoms with Crippen molar-refractivity contribution >= 4 is 23.0 Å². The van der Waals surface area contributed by atoms with E-state index in [0.717, 1.165) is 12.1 Å². The minimum absolute atomic E-state index is 0.225. The third-order valence-electron chi connectivity index (χ3n) is 5.27. The van der Waals surface area contributed by atoms with Crippen molar-refractivity contribution in [3.8, 4) is 0 Å². The highest BCUT2D eigenvalue weighted by atomic mass is 32.1. The van der Waals surface area contributed by atoms with Crippen LogP contribution < -0.4 is 0 Å². The first-order valence-corrected chi connectivity index (χ1v) is 8.90. The highest BCUT2D eigenvalue weighted by Crippen LogP contribution is 2.43. The third-order valence-corrected chi connectivity index (χ3v) is 6.21. The van der Waals surface area contributed by atoms with E-state index in [0.29, 0.717) is 12.5 Å². The fourth-order valence-corrected chi connectivity index (χ4v) is 4.42. The molecular weight excluding hydrogens is 280 g/mol. The maximum atomic E-state index is 12.9. The van der Waals surface area contributed by atoms with E-state index >= 15 is 0 Å². The van der Waals surface area contributed by atoms with Crippen LogP contribution in [-0.2, 0) is 11.2 Å². The molecule has 1 fully saturated rings. The SMILES string of the molecule is CC1=NN(CCc2cccs2)C(=O)C1(C)C1CCCCC1. The molecule has 2 aliphatic rings. The number of carbonyl (C=O) groups is 1. The van der Waals surface area contributed by atoms with Crippen molar-refractivity contribution in [1.82, 2.24) is 5.01 Å². The molecule has 114 valence electrons. The summed E-state index contributed by atoms with van der Waals surface area (Å²) in [5.41, 5.74) is 0.668. The van der Waals surface area contributed by atoms with E-state index < -0.39 is 0 Å². The average Bonchev–Trinajstić information content (AvgIpc) is 3.10. The molecule has 4 heteroatoms. The van der Waals surface area contributed by atoms with Gasteiger partial charge in [-0.2, -0.15) is 5.10 Å². The maximum absolute atomic E-state index is 12.9. The number of hydrogen-bond acceptors (Lipinski definition) is 3. The van der Waals surface area contributed by atoms with E-state index in [4.69, 9.17) is 0 Å². The van der Waals surface area contributed by atoms with Gasteiger partial charge in [-0.15, -0.1) is 11.3 Å². The molecule has 0 radical (unpaired) electrons. The molecule has 1 amide bonds. The van der Waals surface area contributed by atoms with Crippen LogP contribution in [0.4, 0.5) is 0 Å². The van der Waals surface area contributed by atoms with Crippen LogP contribution in [0.15, 0.2) is 22.6 Å². The number of amides is 1. The second kappa shape index (κ2) is 5.91. The number of hydrogen-bond donors (Lipinski definition) is 0. The summed E-state index contributed by atoms with van der Waals surface area (Å²) in [6.07, 6.45) is 7.09. The van der Waals surface area contributed by atoms with Crippen LogP contribution in [0, 0.1) is 11.3 Å². The second-order valence-electron chi connectivity index (χ2n) is 6.48. The fourth-order valence-electron chi connectivity index (χ4n) is 3.73. The van der Waals surface area contributed by atoms with Crippen LogP contribution >= 0.6 is 11.3 Å². The molecule has 0 N–H and O–H groups in total. The van der Waals surface area contributed by atoms with Crippen LogP contribution in [0.5, 0.6) is 0 Å². The molecule has 1 aliphatic carbocycles. The van der Waals surface area contributed by atoms with Crippen molar-refractivity contribution in [1.29, 1.82) is 0 Å². The minimum atomic E-state index is -0.351. The Labute approximate surface area is 131 Å². The van der Waals surface area contributed by atoms with E-state index in [-0.39, 0.29) is 11.3 Å². The summed E-state index contributed by atoms with van der Waals surface area (Å²) in [5.74, 6) is 0.706. The first-order valence-electron chi connectivity index (χ1n) is 8.02. The first-order chi connectivity index (χ1) is 10.1. The molecule has 0 bridgehead atoms. The smallest absolute Gasteiger partial charge is 0.254 e. The van der Waals surface area contributed by atoms with Gasteiger partial charge in [0.1, 0.15) is 0 Å². The molecule has 2 heterocycles. The summed E-state index contributed by atoms with van der Waals surface area (Å²) >= 11 is 1.75. The zero-order valence-electron chi connectivity index (χ0n) is 13.0. The maximum Gasteiger partial charge on any atom is 0.254 e. The van der Waals surface area contributed by atoms with Gasteiger partial charge in [0.05, 0.1) is 11.1 Å². The number of carbonyl (C=O) groups excluding carboxylic acids is 1. The number of nitrogens with zero attached hydrogens (tertiary/aromatic N) is 2. The quantitative estimate of drug-likeness (QED) is 0.824. The van der Waals surface area contributed by atoms with Crippen LogP contribution in [0.1, 0.15) is 50.8 Å². The van der Waals surface area contributed by atoms with Crippen LogP contribution in [0.2, 0.25) is 0 Å². The lowest BCUT2D eigenvalue weighted by Gasteiger charge is -2.35. The Morgan fingerprint density at radius 2 is 2.14 bits per heavy atom. The molecule has 3 nitrogen and oxygen atoms in total. The molecule has 0 aromatic carbocycles. The summed E-state index contributed by atoms with van der Waals surface area (Å²) in [4.78, 5) is 14.2. The van der Waals surface area contributed by atoms with Gasteiger partial charge in [-0.25, -0.2) is 5.01 Å². The van der Waals surface area contributed by atoms with E-state index in [1.165, 1.54) is 37.0 Å². The zero-order chi connectivity index (χ0) is 14.9. The van der Waals surface area contributed by atoms with Crippen molar-refractivity contribution in [3.05, 3.63) is 22.4 Å². The number of hydrazone groups is 1. The van der Waals surface area contributed by atoms with Crippen LogP contribution in [0.25, 0.3) is 0 Å². The van der Waals surface area contributed by atoms with Crippen molar-refractivity contribution in [3.63, 3.8) is 0 Å². The highest BCUT2D eigenvalue weighted by Gasteiger charge is 2.50. The summed E-state index contributed by atoms with van der Waals surface area (Å²) in [7, 11) is 0. The Kier molecular flexibility index (Phi) is 4.16. The Balaban J connectivity index is 1.70. The van der Waals surface area contributed by atoms with Gasteiger partial charge in [0.25, 0.3) is 5.91 Å². The Hall–Kier alpha value is -1.16. The minimum Gasteiger partial charge on any atom is -0.272 e. The van der Waals surface area contributed by atoms with Gasteiger partial charge < -0.3 is 0 Å². The predicted molar refractivity (Wildman–Crippen MR) is 87.5 cm³/mol. The molecule has 1 aromatic heterocycles. The van der Waals surface area contributed by atoms with Crippen molar-refractivity contribution in [2.24, 2.45) is 16.4 Å². The predicted octanol–water partition coefficient (Wildman–Crippen LogP) is 4.10. The van der Waals surface area contributed by atoms with Gasteiger partial charge in [-0.1, -0.05) is 25.3 Å². The molecule has 0 saturated heterocycles. The molecule has 1 aliphatic heterocycles. The standard InChI is InChI=1S/C17H24N2OS/c1-13-17(2,14-7-4-3-5-8-14)16(20)19(18-13)11-10-15-9-6-12-21-15/h6,9,12,14H,3-5,7-8,10-11H2,1-2H3. The number of rotatable bonds is 4. The molecule has 3 rings (SSSR count). The fraction of sp³-hybridized carbons (Fsp3) is 0.647. The lowest BCUT2D eigenvalue weighted by atomic mass is 9.67. The average molecular weight is 304 g/mol. The Morgan fingerprint density at radius 3 is 2.81 bits per heavy atom. The molecule has 1 atom stereocenters. The van der Waals surface area contributed by atoms with Gasteiger partial charge in [0.15, 0.2) is 0 Å². The molecule has 1 aromatic rings. The van der Waals surface area contributed by atoms with Gasteiger partial charge in [-0.05, 0) is 44.1 Å². The molecule has 1 saturated carbocycles. The third kappa shape index (κ3) is 2.66. The van der Waals surface area contributed by atoms with Crippen molar-refractivity contribution in [2.75, 3.05) is 6.54 Å². The summed E-state index contributed by atoms with van der Waals surface area (Å²) in [5, 5.41) is 8.41. The van der Waals surface area contributed by atoms with Crippen molar-refractivity contribution < 1.29 is 4.79 Å². The van der Waals surface area contributed by atoms with Gasteiger partial charge in [-0.3, -0.25) is 4.79 Å².